The van der Waals surface area contributed by atoms with Gasteiger partial charge in [0.05, 0.1) is 12.3 Å². The van der Waals surface area contributed by atoms with Crippen molar-refractivity contribution in [2.75, 3.05) is 6.26 Å². The summed E-state index contributed by atoms with van der Waals surface area (Å²) in [6, 6.07) is 9.43. The Labute approximate surface area is 123 Å². The molecule has 0 saturated carbocycles. The van der Waals surface area contributed by atoms with Crippen LogP contribution in [-0.2, 0) is 12.3 Å². The monoisotopic (exact) mass is 293 g/mol. The van der Waals surface area contributed by atoms with Gasteiger partial charge in [0.2, 0.25) is 0 Å². The largest absolute Gasteiger partial charge is 0.464 e. The van der Waals surface area contributed by atoms with Crippen LogP contribution in [0.2, 0.25) is 0 Å². The minimum absolute atomic E-state index is 0.0826. The molecule has 0 aliphatic rings. The fourth-order valence-corrected chi connectivity index (χ4v) is 2.43. The molecule has 108 valence electrons. The van der Waals surface area contributed by atoms with Crippen LogP contribution >= 0.6 is 11.8 Å². The fourth-order valence-electron chi connectivity index (χ4n) is 1.99. The van der Waals surface area contributed by atoms with E-state index >= 15 is 0 Å². The second kappa shape index (κ2) is 6.95. The highest BCUT2D eigenvalue weighted by Gasteiger charge is 2.09. The van der Waals surface area contributed by atoms with Gasteiger partial charge in [-0.15, -0.1) is 0 Å². The highest BCUT2D eigenvalue weighted by atomic mass is 32.2. The van der Waals surface area contributed by atoms with E-state index in [1.165, 1.54) is 0 Å². The lowest BCUT2D eigenvalue weighted by atomic mass is 10.1. The van der Waals surface area contributed by atoms with Crippen molar-refractivity contribution in [3.63, 3.8) is 0 Å². The minimum atomic E-state index is -0.156. The first-order chi connectivity index (χ1) is 9.60. The molecule has 0 aliphatic heterocycles. The predicted molar refractivity (Wildman–Crippen MR) is 82.3 cm³/mol. The average Bonchev–Trinajstić information content (AvgIpc) is 2.87. The van der Waals surface area contributed by atoms with Crippen molar-refractivity contribution in [3.05, 3.63) is 58.8 Å². The summed E-state index contributed by atoms with van der Waals surface area (Å²) in [5.41, 5.74) is 1.62. The Morgan fingerprint density at radius 1 is 1.25 bits per heavy atom. The Bertz CT molecular complexity index is 567. The van der Waals surface area contributed by atoms with Crippen LogP contribution in [0.15, 0.2) is 34.7 Å². The summed E-state index contributed by atoms with van der Waals surface area (Å²) in [6.07, 6.45) is 2.05. The van der Waals surface area contributed by atoms with Crippen molar-refractivity contribution < 1.29 is 8.81 Å². The van der Waals surface area contributed by atoms with Crippen molar-refractivity contribution in [2.45, 2.75) is 32.2 Å². The summed E-state index contributed by atoms with van der Waals surface area (Å²) >= 11 is 1.74. The summed E-state index contributed by atoms with van der Waals surface area (Å²) in [6.45, 7) is 4.44. The van der Waals surface area contributed by atoms with Crippen molar-refractivity contribution >= 4 is 11.8 Å². The first kappa shape index (κ1) is 15.1. The number of rotatable bonds is 6. The molecule has 2 nitrogen and oxygen atoms in total. The van der Waals surface area contributed by atoms with Gasteiger partial charge < -0.3 is 9.73 Å². The van der Waals surface area contributed by atoms with E-state index in [2.05, 4.69) is 11.6 Å². The Morgan fingerprint density at radius 2 is 2.00 bits per heavy atom. The molecule has 0 saturated heterocycles. The third-order valence-electron chi connectivity index (χ3n) is 3.28. The molecule has 4 heteroatoms. The maximum Gasteiger partial charge on any atom is 0.126 e. The first-order valence-corrected chi connectivity index (χ1v) is 8.05. The molecule has 20 heavy (non-hydrogen) atoms. The van der Waals surface area contributed by atoms with Crippen LogP contribution in [0.3, 0.4) is 0 Å². The van der Waals surface area contributed by atoms with E-state index in [1.807, 2.05) is 31.2 Å². The molecular formula is C16H20FNOS. The normalized spacial score (nSPS) is 12.6. The molecule has 1 N–H and O–H groups in total. The van der Waals surface area contributed by atoms with Gasteiger partial charge in [-0.1, -0.05) is 12.1 Å². The molecule has 1 atom stereocenters. The number of nitrogens with one attached hydrogen (secondary N) is 1. The third kappa shape index (κ3) is 3.87. The molecule has 1 aromatic heterocycles. The van der Waals surface area contributed by atoms with E-state index in [9.17, 15) is 4.39 Å². The Morgan fingerprint density at radius 3 is 2.70 bits per heavy atom. The van der Waals surface area contributed by atoms with Gasteiger partial charge in [-0.05, 0) is 49.4 Å². The molecule has 0 spiro atoms. The lowest BCUT2D eigenvalue weighted by Gasteiger charge is -2.14. The minimum Gasteiger partial charge on any atom is -0.464 e. The standard InChI is InChI=1S/C16H20FNOS/c1-11-4-5-13(8-16(11)17)12(2)18-9-14-6-7-15(19-14)10-20-3/h4-8,12,18H,9-10H2,1-3H3. The molecule has 0 radical (unpaired) electrons. The van der Waals surface area contributed by atoms with Crippen LogP contribution in [0.5, 0.6) is 0 Å². The van der Waals surface area contributed by atoms with E-state index in [0.29, 0.717) is 12.1 Å². The second-order valence-electron chi connectivity index (χ2n) is 4.91. The number of hydrogen-bond donors (Lipinski definition) is 1. The van der Waals surface area contributed by atoms with Gasteiger partial charge in [0, 0.05) is 6.04 Å². The zero-order valence-corrected chi connectivity index (χ0v) is 12.9. The molecule has 1 unspecified atom stereocenters. The highest BCUT2D eigenvalue weighted by Crippen LogP contribution is 2.18. The van der Waals surface area contributed by atoms with Gasteiger partial charge in [-0.2, -0.15) is 11.8 Å². The summed E-state index contributed by atoms with van der Waals surface area (Å²) < 4.78 is 19.2. The molecule has 2 rings (SSSR count). The molecule has 2 aromatic rings. The molecule has 1 aromatic carbocycles. The SMILES string of the molecule is CSCc1ccc(CNC(C)c2ccc(C)c(F)c2)o1. The van der Waals surface area contributed by atoms with Crippen LogP contribution in [0, 0.1) is 12.7 Å². The molecule has 0 bridgehead atoms. The summed E-state index contributed by atoms with van der Waals surface area (Å²) in [5, 5.41) is 3.35. The van der Waals surface area contributed by atoms with E-state index in [1.54, 1.807) is 24.8 Å². The van der Waals surface area contributed by atoms with E-state index in [0.717, 1.165) is 22.8 Å². The molecule has 1 heterocycles. The van der Waals surface area contributed by atoms with Crippen LogP contribution in [0.25, 0.3) is 0 Å². The van der Waals surface area contributed by atoms with E-state index < -0.39 is 0 Å². The van der Waals surface area contributed by atoms with Gasteiger partial charge in [0.1, 0.15) is 17.3 Å². The first-order valence-electron chi connectivity index (χ1n) is 6.66. The second-order valence-corrected chi connectivity index (χ2v) is 5.78. The topological polar surface area (TPSA) is 25.2 Å². The quantitative estimate of drug-likeness (QED) is 0.852. The number of hydrogen-bond acceptors (Lipinski definition) is 3. The summed E-state index contributed by atoms with van der Waals surface area (Å²) in [5.74, 6) is 2.63. The molecule has 0 fully saturated rings. The van der Waals surface area contributed by atoms with Crippen LogP contribution in [0.1, 0.15) is 35.6 Å². The number of benzene rings is 1. The number of furan rings is 1. The Hall–Kier alpha value is -1.26. The maximum atomic E-state index is 13.5. The van der Waals surface area contributed by atoms with Crippen molar-refractivity contribution in [2.24, 2.45) is 0 Å². The Kier molecular flexibility index (Phi) is 5.26. The van der Waals surface area contributed by atoms with Gasteiger partial charge in [0.25, 0.3) is 0 Å². The van der Waals surface area contributed by atoms with Crippen LogP contribution in [0.4, 0.5) is 4.39 Å². The average molecular weight is 293 g/mol. The third-order valence-corrected chi connectivity index (χ3v) is 3.86. The lowest BCUT2D eigenvalue weighted by molar-refractivity contribution is 0.442. The van der Waals surface area contributed by atoms with Crippen molar-refractivity contribution in [1.29, 1.82) is 0 Å². The molecule has 0 aliphatic carbocycles. The number of halogens is 1. The molecular weight excluding hydrogens is 273 g/mol. The lowest BCUT2D eigenvalue weighted by Crippen LogP contribution is -2.18. The van der Waals surface area contributed by atoms with Crippen LogP contribution < -0.4 is 5.32 Å². The number of aryl methyl sites for hydroxylation is 1. The van der Waals surface area contributed by atoms with E-state index in [4.69, 9.17) is 4.42 Å². The van der Waals surface area contributed by atoms with Gasteiger partial charge >= 0.3 is 0 Å². The number of thioether (sulfide) groups is 1. The van der Waals surface area contributed by atoms with Crippen molar-refractivity contribution in [3.8, 4) is 0 Å². The van der Waals surface area contributed by atoms with E-state index in [-0.39, 0.29) is 11.9 Å². The highest BCUT2D eigenvalue weighted by molar-refractivity contribution is 7.97. The summed E-state index contributed by atoms with van der Waals surface area (Å²) in [4.78, 5) is 0. The summed E-state index contributed by atoms with van der Waals surface area (Å²) in [7, 11) is 0. The zero-order chi connectivity index (χ0) is 14.5. The van der Waals surface area contributed by atoms with Crippen LogP contribution in [-0.4, -0.2) is 6.26 Å². The smallest absolute Gasteiger partial charge is 0.126 e. The van der Waals surface area contributed by atoms with Crippen molar-refractivity contribution in [1.82, 2.24) is 5.32 Å². The Balaban J connectivity index is 1.93. The fraction of sp³-hybridized carbons (Fsp3) is 0.375. The maximum absolute atomic E-state index is 13.5. The zero-order valence-electron chi connectivity index (χ0n) is 12.1. The van der Waals surface area contributed by atoms with Gasteiger partial charge in [-0.25, -0.2) is 4.39 Å². The predicted octanol–water partition coefficient (Wildman–Crippen LogP) is 4.44. The van der Waals surface area contributed by atoms with Gasteiger partial charge in [-0.3, -0.25) is 0 Å². The molecule has 0 amide bonds. The van der Waals surface area contributed by atoms with Gasteiger partial charge in [0.15, 0.2) is 0 Å².